The molecule has 1 aliphatic rings. The maximum absolute atomic E-state index is 4.31. The molecule has 116 valence electrons. The van der Waals surface area contributed by atoms with Gasteiger partial charge in [0.05, 0.1) is 5.69 Å². The lowest BCUT2D eigenvalue weighted by Crippen LogP contribution is -2.46. The van der Waals surface area contributed by atoms with E-state index in [1.807, 2.05) is 31.5 Å². The van der Waals surface area contributed by atoms with E-state index in [9.17, 15) is 0 Å². The summed E-state index contributed by atoms with van der Waals surface area (Å²) in [6, 6.07) is 8.97. The Labute approximate surface area is 131 Å². The van der Waals surface area contributed by atoms with Gasteiger partial charge in [-0.25, -0.2) is 0 Å². The van der Waals surface area contributed by atoms with Gasteiger partial charge in [-0.1, -0.05) is 6.07 Å². The fourth-order valence-electron chi connectivity index (χ4n) is 2.96. The fourth-order valence-corrected chi connectivity index (χ4v) is 2.96. The van der Waals surface area contributed by atoms with Crippen molar-refractivity contribution in [2.45, 2.75) is 38.8 Å². The maximum atomic E-state index is 4.31. The number of nitrogens with one attached hydrogen (secondary N) is 1. The van der Waals surface area contributed by atoms with Crippen molar-refractivity contribution in [2.24, 2.45) is 0 Å². The van der Waals surface area contributed by atoms with Crippen LogP contribution in [0.2, 0.25) is 0 Å². The van der Waals surface area contributed by atoms with Crippen LogP contribution < -0.4 is 10.2 Å². The number of aromatic nitrogens is 3. The average Bonchev–Trinajstić information content (AvgIpc) is 2.56. The number of hydrogen-bond acceptors (Lipinski definition) is 5. The van der Waals surface area contributed by atoms with Crippen LogP contribution in [0.5, 0.6) is 0 Å². The van der Waals surface area contributed by atoms with Crippen molar-refractivity contribution in [2.75, 3.05) is 18.0 Å². The number of rotatable bonds is 4. The summed E-state index contributed by atoms with van der Waals surface area (Å²) in [5.74, 6) is 0.978. The van der Waals surface area contributed by atoms with Crippen molar-refractivity contribution < 1.29 is 0 Å². The second-order valence-electron chi connectivity index (χ2n) is 5.99. The number of hydrogen-bond donors (Lipinski definition) is 1. The second kappa shape index (κ2) is 6.83. The van der Waals surface area contributed by atoms with Gasteiger partial charge in [0.1, 0.15) is 0 Å². The molecule has 22 heavy (non-hydrogen) atoms. The Hall–Kier alpha value is -2.01. The second-order valence-corrected chi connectivity index (χ2v) is 5.99. The maximum Gasteiger partial charge on any atom is 0.151 e. The first-order chi connectivity index (χ1) is 10.7. The van der Waals surface area contributed by atoms with Crippen molar-refractivity contribution in [1.29, 1.82) is 0 Å². The molecule has 2 aromatic heterocycles. The molecule has 1 N–H and O–H groups in total. The summed E-state index contributed by atoms with van der Waals surface area (Å²) in [6.07, 6.45) is 6.12. The zero-order valence-corrected chi connectivity index (χ0v) is 13.2. The van der Waals surface area contributed by atoms with Gasteiger partial charge in [0.25, 0.3) is 0 Å². The number of anilines is 1. The largest absolute Gasteiger partial charge is 0.354 e. The van der Waals surface area contributed by atoms with Crippen LogP contribution >= 0.6 is 0 Å². The quantitative estimate of drug-likeness (QED) is 0.939. The topological polar surface area (TPSA) is 53.9 Å². The molecule has 3 heterocycles. The average molecular weight is 297 g/mol. The van der Waals surface area contributed by atoms with Crippen LogP contribution in [0.4, 0.5) is 5.82 Å². The highest BCUT2D eigenvalue weighted by Crippen LogP contribution is 2.20. The molecule has 1 saturated heterocycles. The lowest BCUT2D eigenvalue weighted by Gasteiger charge is -2.35. The minimum atomic E-state index is 0.308. The van der Waals surface area contributed by atoms with Crippen molar-refractivity contribution in [1.82, 2.24) is 20.5 Å². The van der Waals surface area contributed by atoms with Crippen molar-refractivity contribution >= 4 is 5.82 Å². The summed E-state index contributed by atoms with van der Waals surface area (Å²) < 4.78 is 0. The summed E-state index contributed by atoms with van der Waals surface area (Å²) >= 11 is 0. The van der Waals surface area contributed by atoms with E-state index in [0.717, 1.165) is 24.6 Å². The molecule has 2 aromatic rings. The molecular weight excluding hydrogens is 274 g/mol. The molecule has 1 aliphatic heterocycles. The van der Waals surface area contributed by atoms with Gasteiger partial charge in [-0.05, 0) is 50.5 Å². The first kappa shape index (κ1) is 14.9. The van der Waals surface area contributed by atoms with Crippen LogP contribution in [0.15, 0.2) is 36.7 Å². The number of aryl methyl sites for hydroxylation is 1. The van der Waals surface area contributed by atoms with Gasteiger partial charge in [0.15, 0.2) is 5.82 Å². The Morgan fingerprint density at radius 3 is 2.91 bits per heavy atom. The van der Waals surface area contributed by atoms with Gasteiger partial charge in [0.2, 0.25) is 0 Å². The third kappa shape index (κ3) is 3.60. The SMILES string of the molecule is Cc1ccc(N2CCC[C@H](N[C@@H](C)c3cccnc3)C2)nn1. The third-order valence-corrected chi connectivity index (χ3v) is 4.20. The van der Waals surface area contributed by atoms with Crippen LogP contribution in [-0.2, 0) is 0 Å². The monoisotopic (exact) mass is 297 g/mol. The Morgan fingerprint density at radius 2 is 2.18 bits per heavy atom. The van der Waals surface area contributed by atoms with Gasteiger partial charge in [-0.15, -0.1) is 5.10 Å². The van der Waals surface area contributed by atoms with Crippen LogP contribution in [-0.4, -0.2) is 34.3 Å². The highest BCUT2D eigenvalue weighted by Gasteiger charge is 2.22. The first-order valence-corrected chi connectivity index (χ1v) is 7.93. The van der Waals surface area contributed by atoms with E-state index in [1.54, 1.807) is 0 Å². The van der Waals surface area contributed by atoms with E-state index in [0.29, 0.717) is 12.1 Å². The Kier molecular flexibility index (Phi) is 4.63. The van der Waals surface area contributed by atoms with Crippen LogP contribution in [0.3, 0.4) is 0 Å². The Balaban J connectivity index is 1.62. The molecule has 0 bridgehead atoms. The predicted octanol–water partition coefficient (Wildman–Crippen LogP) is 2.50. The number of nitrogens with zero attached hydrogens (tertiary/aromatic N) is 4. The highest BCUT2D eigenvalue weighted by atomic mass is 15.3. The molecule has 0 saturated carbocycles. The van der Waals surface area contributed by atoms with E-state index >= 15 is 0 Å². The van der Waals surface area contributed by atoms with Crippen LogP contribution in [0, 0.1) is 6.92 Å². The van der Waals surface area contributed by atoms with Gasteiger partial charge < -0.3 is 10.2 Å². The minimum Gasteiger partial charge on any atom is -0.354 e. The van der Waals surface area contributed by atoms with Crippen LogP contribution in [0.1, 0.15) is 37.1 Å². The summed E-state index contributed by atoms with van der Waals surface area (Å²) in [4.78, 5) is 6.52. The molecule has 0 amide bonds. The zero-order valence-electron chi connectivity index (χ0n) is 13.2. The zero-order chi connectivity index (χ0) is 15.4. The molecule has 5 nitrogen and oxygen atoms in total. The molecule has 5 heteroatoms. The molecule has 0 unspecified atom stereocenters. The van der Waals surface area contributed by atoms with E-state index in [4.69, 9.17) is 0 Å². The van der Waals surface area contributed by atoms with Gasteiger partial charge in [-0.3, -0.25) is 4.98 Å². The molecule has 0 radical (unpaired) electrons. The van der Waals surface area contributed by atoms with Crippen molar-refractivity contribution in [3.63, 3.8) is 0 Å². The molecular formula is C17H23N5. The third-order valence-electron chi connectivity index (χ3n) is 4.20. The molecule has 2 atom stereocenters. The lowest BCUT2D eigenvalue weighted by atomic mass is 10.0. The lowest BCUT2D eigenvalue weighted by molar-refractivity contribution is 0.386. The Bertz CT molecular complexity index is 584. The molecule has 0 aliphatic carbocycles. The van der Waals surface area contributed by atoms with Crippen molar-refractivity contribution in [3.8, 4) is 0 Å². The molecule has 1 fully saturated rings. The highest BCUT2D eigenvalue weighted by molar-refractivity contribution is 5.38. The standard InChI is InChI=1S/C17H23N5/c1-13-7-8-17(21-20-13)22-10-4-6-16(12-22)19-14(2)15-5-3-9-18-11-15/h3,5,7-9,11,14,16,19H,4,6,10,12H2,1-2H3/t14-,16-/m0/s1. The smallest absolute Gasteiger partial charge is 0.151 e. The van der Waals surface area contributed by atoms with E-state index in [1.165, 1.54) is 18.4 Å². The van der Waals surface area contributed by atoms with E-state index in [2.05, 4.69) is 44.5 Å². The van der Waals surface area contributed by atoms with Crippen molar-refractivity contribution in [3.05, 3.63) is 47.9 Å². The predicted molar refractivity (Wildman–Crippen MR) is 87.8 cm³/mol. The number of pyridine rings is 1. The van der Waals surface area contributed by atoms with Gasteiger partial charge in [0, 0.05) is 37.6 Å². The molecule has 0 aromatic carbocycles. The molecule has 3 rings (SSSR count). The normalized spacial score (nSPS) is 19.9. The van der Waals surface area contributed by atoms with E-state index in [-0.39, 0.29) is 0 Å². The first-order valence-electron chi connectivity index (χ1n) is 7.93. The number of piperidine rings is 1. The van der Waals surface area contributed by atoms with E-state index < -0.39 is 0 Å². The van der Waals surface area contributed by atoms with Crippen LogP contribution in [0.25, 0.3) is 0 Å². The summed E-state index contributed by atoms with van der Waals surface area (Å²) in [6.45, 7) is 6.19. The summed E-state index contributed by atoms with van der Waals surface area (Å²) in [7, 11) is 0. The van der Waals surface area contributed by atoms with Gasteiger partial charge in [-0.2, -0.15) is 5.10 Å². The summed E-state index contributed by atoms with van der Waals surface area (Å²) in [5.41, 5.74) is 2.19. The Morgan fingerprint density at radius 1 is 1.27 bits per heavy atom. The fraction of sp³-hybridized carbons (Fsp3) is 0.471. The summed E-state index contributed by atoms with van der Waals surface area (Å²) in [5, 5.41) is 12.2. The minimum absolute atomic E-state index is 0.308. The van der Waals surface area contributed by atoms with Gasteiger partial charge >= 0.3 is 0 Å². The molecule has 0 spiro atoms.